The fourth-order valence-electron chi connectivity index (χ4n) is 2.01. The zero-order valence-electron chi connectivity index (χ0n) is 13.0. The van der Waals surface area contributed by atoms with Crippen molar-refractivity contribution < 1.29 is 4.52 Å². The van der Waals surface area contributed by atoms with E-state index in [1.54, 1.807) is 30.5 Å². The second kappa shape index (κ2) is 7.94. The summed E-state index contributed by atoms with van der Waals surface area (Å²) in [6.45, 7) is 1.11. The number of guanidine groups is 1. The predicted molar refractivity (Wildman–Crippen MR) is 96.1 cm³/mol. The Morgan fingerprint density at radius 1 is 1.21 bits per heavy atom. The maximum atomic E-state index is 5.88. The molecule has 0 spiro atoms. The average molecular weight is 362 g/mol. The lowest BCUT2D eigenvalue weighted by molar-refractivity contribution is 0.375. The number of hydrogen-bond donors (Lipinski definition) is 2. The van der Waals surface area contributed by atoms with Crippen LogP contribution in [0.3, 0.4) is 0 Å². The first-order valence-corrected chi connectivity index (χ1v) is 8.56. The standard InChI is InChI=1S/C16H16ClN5OS/c1-18-16(19-9-13-3-2-8-24-13)20-10-14-21-15(22-23-14)11-4-6-12(17)7-5-11/h2-8H,9-10H2,1H3,(H2,18,19,20). The smallest absolute Gasteiger partial charge is 0.246 e. The summed E-state index contributed by atoms with van der Waals surface area (Å²) in [5.41, 5.74) is 0.856. The molecule has 0 aliphatic carbocycles. The first kappa shape index (κ1) is 16.5. The highest BCUT2D eigenvalue weighted by molar-refractivity contribution is 7.09. The number of benzene rings is 1. The number of thiophene rings is 1. The predicted octanol–water partition coefficient (Wildman–Crippen LogP) is 3.32. The Kier molecular flexibility index (Phi) is 5.45. The summed E-state index contributed by atoms with van der Waals surface area (Å²) >= 11 is 7.57. The molecule has 0 amide bonds. The average Bonchev–Trinajstić information content (AvgIpc) is 3.27. The van der Waals surface area contributed by atoms with Crippen molar-refractivity contribution in [2.75, 3.05) is 7.05 Å². The van der Waals surface area contributed by atoms with Gasteiger partial charge in [-0.25, -0.2) is 0 Å². The molecular weight excluding hydrogens is 346 g/mol. The molecule has 0 radical (unpaired) electrons. The summed E-state index contributed by atoms with van der Waals surface area (Å²) < 4.78 is 5.26. The van der Waals surface area contributed by atoms with Gasteiger partial charge in [-0.3, -0.25) is 4.99 Å². The summed E-state index contributed by atoms with van der Waals surface area (Å²) in [6, 6.07) is 11.4. The van der Waals surface area contributed by atoms with E-state index in [0.29, 0.717) is 29.2 Å². The molecule has 24 heavy (non-hydrogen) atoms. The Hall–Kier alpha value is -2.38. The van der Waals surface area contributed by atoms with Crippen LogP contribution in [0.5, 0.6) is 0 Å². The molecule has 2 aromatic heterocycles. The van der Waals surface area contributed by atoms with Crippen LogP contribution >= 0.6 is 22.9 Å². The van der Waals surface area contributed by atoms with Gasteiger partial charge in [0.05, 0.1) is 13.1 Å². The van der Waals surface area contributed by atoms with Gasteiger partial charge in [-0.15, -0.1) is 11.3 Å². The summed E-state index contributed by atoms with van der Waals surface area (Å²) in [4.78, 5) is 9.77. The highest BCUT2D eigenvalue weighted by Crippen LogP contribution is 2.18. The van der Waals surface area contributed by atoms with Crippen LogP contribution in [0.25, 0.3) is 11.4 Å². The van der Waals surface area contributed by atoms with Crippen molar-refractivity contribution in [3.63, 3.8) is 0 Å². The molecule has 124 valence electrons. The van der Waals surface area contributed by atoms with Crippen molar-refractivity contribution in [3.8, 4) is 11.4 Å². The molecule has 3 rings (SSSR count). The van der Waals surface area contributed by atoms with E-state index in [0.717, 1.165) is 12.1 Å². The third kappa shape index (κ3) is 4.33. The van der Waals surface area contributed by atoms with Gasteiger partial charge in [0.1, 0.15) is 0 Å². The van der Waals surface area contributed by atoms with E-state index in [4.69, 9.17) is 16.1 Å². The Bertz CT molecular complexity index is 798. The third-order valence-corrected chi connectivity index (χ3v) is 4.34. The maximum Gasteiger partial charge on any atom is 0.246 e. The van der Waals surface area contributed by atoms with Crippen molar-refractivity contribution in [2.24, 2.45) is 4.99 Å². The van der Waals surface area contributed by atoms with Gasteiger partial charge in [-0.05, 0) is 35.7 Å². The normalized spacial score (nSPS) is 11.5. The minimum Gasteiger partial charge on any atom is -0.352 e. The van der Waals surface area contributed by atoms with Gasteiger partial charge >= 0.3 is 0 Å². The lowest BCUT2D eigenvalue weighted by Crippen LogP contribution is -2.36. The second-order valence-corrected chi connectivity index (χ2v) is 6.35. The van der Waals surface area contributed by atoms with Crippen LogP contribution in [0.15, 0.2) is 51.3 Å². The topological polar surface area (TPSA) is 75.3 Å². The van der Waals surface area contributed by atoms with Crippen LogP contribution < -0.4 is 10.6 Å². The molecule has 1 aromatic carbocycles. The molecule has 0 aliphatic heterocycles. The number of nitrogens with one attached hydrogen (secondary N) is 2. The highest BCUT2D eigenvalue weighted by Gasteiger charge is 2.09. The lowest BCUT2D eigenvalue weighted by atomic mass is 10.2. The molecule has 0 aliphatic rings. The molecule has 2 heterocycles. The van der Waals surface area contributed by atoms with E-state index in [1.165, 1.54) is 4.88 Å². The van der Waals surface area contributed by atoms with Crippen molar-refractivity contribution in [3.05, 3.63) is 57.6 Å². The third-order valence-electron chi connectivity index (χ3n) is 3.21. The molecule has 0 fully saturated rings. The van der Waals surface area contributed by atoms with Crippen LogP contribution in [0.4, 0.5) is 0 Å². The Morgan fingerprint density at radius 2 is 2.00 bits per heavy atom. The summed E-state index contributed by atoms with van der Waals surface area (Å²) in [5.74, 6) is 1.69. The van der Waals surface area contributed by atoms with Gasteiger partial charge in [0, 0.05) is 22.5 Å². The molecule has 0 unspecified atom stereocenters. The summed E-state index contributed by atoms with van der Waals surface area (Å²) in [6.07, 6.45) is 0. The molecule has 2 N–H and O–H groups in total. The number of aliphatic imine (C=N–C) groups is 1. The molecule has 0 atom stereocenters. The molecule has 8 heteroatoms. The van der Waals surface area contributed by atoms with Crippen molar-refractivity contribution in [1.29, 1.82) is 0 Å². The van der Waals surface area contributed by atoms with Gasteiger partial charge in [-0.2, -0.15) is 4.98 Å². The molecule has 0 saturated carbocycles. The Morgan fingerprint density at radius 3 is 2.71 bits per heavy atom. The van der Waals surface area contributed by atoms with Gasteiger partial charge in [0.15, 0.2) is 5.96 Å². The molecule has 3 aromatic rings. The fraction of sp³-hybridized carbons (Fsp3) is 0.188. The number of aromatic nitrogens is 2. The van der Waals surface area contributed by atoms with Gasteiger partial charge < -0.3 is 15.2 Å². The number of hydrogen-bond acceptors (Lipinski definition) is 5. The van der Waals surface area contributed by atoms with Crippen LogP contribution in [-0.4, -0.2) is 23.1 Å². The fourth-order valence-corrected chi connectivity index (χ4v) is 2.78. The van der Waals surface area contributed by atoms with E-state index in [1.807, 2.05) is 23.6 Å². The maximum absolute atomic E-state index is 5.88. The van der Waals surface area contributed by atoms with Gasteiger partial charge in [-0.1, -0.05) is 22.8 Å². The molecular formula is C16H16ClN5OS. The second-order valence-electron chi connectivity index (χ2n) is 4.88. The monoisotopic (exact) mass is 361 g/mol. The SMILES string of the molecule is CN=C(NCc1nc(-c2ccc(Cl)cc2)no1)NCc1cccs1. The Labute approximate surface area is 148 Å². The van der Waals surface area contributed by atoms with Crippen LogP contribution in [0.2, 0.25) is 5.02 Å². The number of halogens is 1. The quantitative estimate of drug-likeness (QED) is 0.538. The first-order valence-electron chi connectivity index (χ1n) is 7.30. The van der Waals surface area contributed by atoms with Crippen molar-refractivity contribution in [1.82, 2.24) is 20.8 Å². The zero-order chi connectivity index (χ0) is 16.8. The van der Waals surface area contributed by atoms with Crippen molar-refractivity contribution >= 4 is 28.9 Å². The minimum atomic E-state index is 0.394. The molecule has 0 saturated heterocycles. The molecule has 0 bridgehead atoms. The highest BCUT2D eigenvalue weighted by atomic mass is 35.5. The van der Waals surface area contributed by atoms with Crippen molar-refractivity contribution in [2.45, 2.75) is 13.1 Å². The van der Waals surface area contributed by atoms with Crippen LogP contribution in [0, 0.1) is 0 Å². The van der Waals surface area contributed by atoms with Crippen LogP contribution in [0.1, 0.15) is 10.8 Å². The van der Waals surface area contributed by atoms with E-state index in [2.05, 4.69) is 31.8 Å². The number of rotatable bonds is 5. The van der Waals surface area contributed by atoms with Gasteiger partial charge in [0.25, 0.3) is 0 Å². The minimum absolute atomic E-state index is 0.394. The van der Waals surface area contributed by atoms with E-state index >= 15 is 0 Å². The van der Waals surface area contributed by atoms with E-state index in [9.17, 15) is 0 Å². The van der Waals surface area contributed by atoms with E-state index in [-0.39, 0.29) is 0 Å². The van der Waals surface area contributed by atoms with E-state index < -0.39 is 0 Å². The summed E-state index contributed by atoms with van der Waals surface area (Å²) in [5, 5.41) is 13.1. The zero-order valence-corrected chi connectivity index (χ0v) is 14.6. The lowest BCUT2D eigenvalue weighted by Gasteiger charge is -2.09. The van der Waals surface area contributed by atoms with Gasteiger partial charge in [0.2, 0.25) is 11.7 Å². The summed E-state index contributed by atoms with van der Waals surface area (Å²) in [7, 11) is 1.72. The Balaban J connectivity index is 1.55. The first-order chi connectivity index (χ1) is 11.7. The molecule has 6 nitrogen and oxygen atoms in total. The van der Waals surface area contributed by atoms with Crippen LogP contribution in [-0.2, 0) is 13.1 Å². The number of nitrogens with zero attached hydrogens (tertiary/aromatic N) is 3. The largest absolute Gasteiger partial charge is 0.352 e.